The highest BCUT2D eigenvalue weighted by Gasteiger charge is 2.24. The van der Waals surface area contributed by atoms with E-state index < -0.39 is 0 Å². The van der Waals surface area contributed by atoms with Gasteiger partial charge in [-0.1, -0.05) is 0 Å². The van der Waals surface area contributed by atoms with Crippen molar-refractivity contribution < 1.29 is 9.53 Å². The van der Waals surface area contributed by atoms with Crippen LogP contribution in [0.4, 0.5) is 23.1 Å². The number of carbonyl (C=O) groups excluding carboxylic acids is 1. The largest absolute Gasteiger partial charge is 0.474 e. The number of carbonyl (C=O) groups is 1. The van der Waals surface area contributed by atoms with E-state index in [0.717, 1.165) is 51.9 Å². The molecule has 0 spiro atoms. The van der Waals surface area contributed by atoms with E-state index in [4.69, 9.17) is 10.5 Å². The summed E-state index contributed by atoms with van der Waals surface area (Å²) in [5.74, 6) is 2.36. The van der Waals surface area contributed by atoms with Crippen LogP contribution in [0.5, 0.6) is 5.88 Å². The van der Waals surface area contributed by atoms with Crippen LogP contribution in [0.1, 0.15) is 25.1 Å². The number of fused-ring (bicyclic) bond motifs is 3. The van der Waals surface area contributed by atoms with Crippen molar-refractivity contribution in [3.8, 4) is 17.1 Å². The molecule has 0 aliphatic carbocycles. The van der Waals surface area contributed by atoms with Crippen molar-refractivity contribution >= 4 is 39.8 Å². The van der Waals surface area contributed by atoms with Crippen LogP contribution in [0, 0.1) is 6.92 Å². The SMILES string of the molecule is Cc1c(-c2cc3cc(Nc4cc5n(n4)CC(=O)N(C(C)C)CC5)ncc3c(N)n2)cnc2c1NCCO2. The second kappa shape index (κ2) is 8.91. The first-order valence-electron chi connectivity index (χ1n) is 12.4. The zero-order chi connectivity index (χ0) is 25.7. The molecule has 1 amide bonds. The number of hydrogen-bond donors (Lipinski definition) is 3. The summed E-state index contributed by atoms with van der Waals surface area (Å²) in [6.45, 7) is 8.33. The Morgan fingerprint density at radius 2 is 2.03 bits per heavy atom. The third kappa shape index (κ3) is 4.15. The minimum atomic E-state index is 0.0801. The van der Waals surface area contributed by atoms with Gasteiger partial charge in [-0.25, -0.2) is 15.0 Å². The molecule has 0 atom stereocenters. The lowest BCUT2D eigenvalue weighted by molar-refractivity contribution is -0.133. The molecule has 4 aromatic rings. The standard InChI is InChI=1S/C26H29N9O2/c1-14(2)34-6-4-17-10-22(33-35(17)13-23(34)36)32-21-9-16-8-20(31-25(27)19(16)12-29-21)18-11-30-26-24(15(18)3)28-5-7-37-26/h8-12,14,28H,4-7,13H2,1-3H3,(H2,27,31)(H,29,32,33). The summed E-state index contributed by atoms with van der Waals surface area (Å²) < 4.78 is 7.43. The van der Waals surface area contributed by atoms with Gasteiger partial charge in [-0.15, -0.1) is 0 Å². The Morgan fingerprint density at radius 1 is 1.16 bits per heavy atom. The molecular formula is C26H29N9O2. The summed E-state index contributed by atoms with van der Waals surface area (Å²) in [6.07, 6.45) is 4.24. The highest BCUT2D eigenvalue weighted by molar-refractivity contribution is 5.95. The predicted molar refractivity (Wildman–Crippen MR) is 142 cm³/mol. The first-order chi connectivity index (χ1) is 17.9. The Balaban J connectivity index is 1.30. The van der Waals surface area contributed by atoms with Crippen molar-refractivity contribution in [3.63, 3.8) is 0 Å². The average molecular weight is 500 g/mol. The van der Waals surface area contributed by atoms with E-state index in [9.17, 15) is 4.79 Å². The van der Waals surface area contributed by atoms with Crippen LogP contribution in [0.25, 0.3) is 22.0 Å². The number of nitrogens with zero attached hydrogens (tertiary/aromatic N) is 6. The number of amides is 1. The van der Waals surface area contributed by atoms with Gasteiger partial charge in [0.25, 0.3) is 0 Å². The number of nitrogens with two attached hydrogens (primary N) is 1. The highest BCUT2D eigenvalue weighted by Crippen LogP contribution is 2.36. The molecule has 11 nitrogen and oxygen atoms in total. The van der Waals surface area contributed by atoms with Crippen LogP contribution >= 0.6 is 0 Å². The second-order valence-corrected chi connectivity index (χ2v) is 9.67. The second-order valence-electron chi connectivity index (χ2n) is 9.67. The van der Waals surface area contributed by atoms with Gasteiger partial charge in [-0.05, 0) is 43.9 Å². The van der Waals surface area contributed by atoms with Gasteiger partial charge in [0, 0.05) is 60.7 Å². The third-order valence-corrected chi connectivity index (χ3v) is 6.92. The maximum atomic E-state index is 12.6. The highest BCUT2D eigenvalue weighted by atomic mass is 16.5. The molecule has 4 aromatic heterocycles. The summed E-state index contributed by atoms with van der Waals surface area (Å²) >= 11 is 0. The van der Waals surface area contributed by atoms with Crippen LogP contribution in [0.2, 0.25) is 0 Å². The summed E-state index contributed by atoms with van der Waals surface area (Å²) in [5, 5.41) is 12.9. The van der Waals surface area contributed by atoms with E-state index in [1.165, 1.54) is 0 Å². The lowest BCUT2D eigenvalue weighted by Crippen LogP contribution is -2.38. The number of nitrogen functional groups attached to an aromatic ring is 1. The lowest BCUT2D eigenvalue weighted by atomic mass is 10.0. The van der Waals surface area contributed by atoms with Crippen molar-refractivity contribution in [1.82, 2.24) is 29.6 Å². The van der Waals surface area contributed by atoms with Crippen molar-refractivity contribution in [2.24, 2.45) is 0 Å². The van der Waals surface area contributed by atoms with Crippen molar-refractivity contribution in [2.75, 3.05) is 36.1 Å². The molecule has 0 bridgehead atoms. The Bertz CT molecular complexity index is 1530. The topological polar surface area (TPSA) is 136 Å². The molecule has 11 heteroatoms. The van der Waals surface area contributed by atoms with E-state index >= 15 is 0 Å². The summed E-state index contributed by atoms with van der Waals surface area (Å²) in [6, 6.07) is 6.07. The Morgan fingerprint density at radius 3 is 2.86 bits per heavy atom. The number of aromatic nitrogens is 5. The predicted octanol–water partition coefficient (Wildman–Crippen LogP) is 3.12. The van der Waals surface area contributed by atoms with Gasteiger partial charge in [0.15, 0.2) is 5.82 Å². The minimum Gasteiger partial charge on any atom is -0.474 e. The molecule has 6 heterocycles. The maximum absolute atomic E-state index is 12.6. The van der Waals surface area contributed by atoms with Crippen molar-refractivity contribution in [3.05, 3.63) is 41.9 Å². The monoisotopic (exact) mass is 499 g/mol. The molecule has 0 radical (unpaired) electrons. The van der Waals surface area contributed by atoms with Crippen LogP contribution in [0.3, 0.4) is 0 Å². The van der Waals surface area contributed by atoms with Gasteiger partial charge in [0.2, 0.25) is 11.8 Å². The van der Waals surface area contributed by atoms with Crippen LogP contribution in [0.15, 0.2) is 30.6 Å². The number of nitrogens with one attached hydrogen (secondary N) is 2. The normalized spacial score (nSPS) is 15.1. The number of anilines is 4. The number of rotatable bonds is 4. The van der Waals surface area contributed by atoms with Crippen LogP contribution < -0.4 is 21.1 Å². The van der Waals surface area contributed by atoms with Crippen LogP contribution in [-0.2, 0) is 17.8 Å². The molecule has 2 aliphatic rings. The molecule has 0 fully saturated rings. The lowest BCUT2D eigenvalue weighted by Gasteiger charge is -2.24. The first kappa shape index (κ1) is 23.0. The van der Waals surface area contributed by atoms with E-state index in [1.807, 2.05) is 43.9 Å². The molecule has 0 saturated carbocycles. The molecule has 2 aliphatic heterocycles. The van der Waals surface area contributed by atoms with Crippen molar-refractivity contribution in [1.29, 1.82) is 0 Å². The number of hydrogen-bond acceptors (Lipinski definition) is 9. The number of pyridine rings is 3. The molecular weight excluding hydrogens is 470 g/mol. The Kier molecular flexibility index (Phi) is 5.54. The van der Waals surface area contributed by atoms with Crippen LogP contribution in [-0.4, -0.2) is 61.3 Å². The molecule has 37 heavy (non-hydrogen) atoms. The number of ether oxygens (including phenoxy) is 1. The third-order valence-electron chi connectivity index (χ3n) is 6.92. The minimum absolute atomic E-state index is 0.0801. The Hall–Kier alpha value is -4.41. The summed E-state index contributed by atoms with van der Waals surface area (Å²) in [7, 11) is 0. The molecule has 0 saturated heterocycles. The maximum Gasteiger partial charge on any atom is 0.244 e. The fraction of sp³-hybridized carbons (Fsp3) is 0.346. The first-order valence-corrected chi connectivity index (χ1v) is 12.4. The zero-order valence-corrected chi connectivity index (χ0v) is 21.1. The molecule has 190 valence electrons. The smallest absolute Gasteiger partial charge is 0.244 e. The van der Waals surface area contributed by atoms with E-state index in [1.54, 1.807) is 17.1 Å². The molecule has 0 unspecified atom stereocenters. The Labute approximate surface area is 214 Å². The fourth-order valence-corrected chi connectivity index (χ4v) is 4.97. The molecule has 4 N–H and O–H groups in total. The van der Waals surface area contributed by atoms with Crippen molar-refractivity contribution in [2.45, 2.75) is 39.8 Å². The van der Waals surface area contributed by atoms with Gasteiger partial charge in [0.1, 0.15) is 30.5 Å². The fourth-order valence-electron chi connectivity index (χ4n) is 4.97. The van der Waals surface area contributed by atoms with Gasteiger partial charge in [-0.2, -0.15) is 5.10 Å². The van der Waals surface area contributed by atoms with Gasteiger partial charge >= 0.3 is 0 Å². The van der Waals surface area contributed by atoms with E-state index in [-0.39, 0.29) is 18.5 Å². The average Bonchev–Trinajstić information content (AvgIpc) is 3.16. The van der Waals surface area contributed by atoms with Gasteiger partial charge in [0.05, 0.1) is 5.69 Å². The van der Waals surface area contributed by atoms with E-state index in [2.05, 4.69) is 30.7 Å². The molecule has 6 rings (SSSR count). The van der Waals surface area contributed by atoms with E-state index in [0.29, 0.717) is 36.5 Å². The zero-order valence-electron chi connectivity index (χ0n) is 21.1. The summed E-state index contributed by atoms with van der Waals surface area (Å²) in [5.41, 5.74) is 10.8. The quantitative estimate of drug-likeness (QED) is 0.387. The van der Waals surface area contributed by atoms with Gasteiger partial charge in [-0.3, -0.25) is 9.48 Å². The molecule has 0 aromatic carbocycles. The summed E-state index contributed by atoms with van der Waals surface area (Å²) in [4.78, 5) is 28.1. The van der Waals surface area contributed by atoms with Gasteiger partial charge < -0.3 is 26.0 Å².